The van der Waals surface area contributed by atoms with E-state index in [0.717, 1.165) is 5.56 Å². The molecule has 8 nitrogen and oxygen atoms in total. The first kappa shape index (κ1) is 21.9. The van der Waals surface area contributed by atoms with Crippen LogP contribution >= 0.6 is 0 Å². The maximum atomic E-state index is 12.5. The molecule has 0 aliphatic rings. The van der Waals surface area contributed by atoms with Gasteiger partial charge in [0.25, 0.3) is 11.5 Å². The zero-order valence-electron chi connectivity index (χ0n) is 17.4. The van der Waals surface area contributed by atoms with E-state index in [1.165, 1.54) is 11.6 Å². The first-order valence-electron chi connectivity index (χ1n) is 9.68. The van der Waals surface area contributed by atoms with E-state index in [9.17, 15) is 24.6 Å². The van der Waals surface area contributed by atoms with Crippen LogP contribution in [-0.4, -0.2) is 38.7 Å². The normalized spacial score (nSPS) is 11.5. The molecule has 1 aromatic heterocycles. The third-order valence-electron chi connectivity index (χ3n) is 5.05. The molecule has 1 amide bonds. The summed E-state index contributed by atoms with van der Waals surface area (Å²) >= 11 is 0. The predicted molar refractivity (Wildman–Crippen MR) is 116 cm³/mol. The van der Waals surface area contributed by atoms with Crippen molar-refractivity contribution in [1.29, 1.82) is 0 Å². The van der Waals surface area contributed by atoms with Crippen molar-refractivity contribution in [2.45, 2.75) is 32.6 Å². The van der Waals surface area contributed by atoms with Crippen molar-refractivity contribution in [3.05, 3.63) is 69.0 Å². The monoisotopic (exact) mass is 424 g/mol. The van der Waals surface area contributed by atoms with Crippen molar-refractivity contribution in [2.24, 2.45) is 0 Å². The number of carbonyl (C=O) groups excluding carboxylic acids is 1. The number of aromatic amines is 1. The minimum Gasteiger partial charge on any atom is -0.507 e. The molecule has 0 radical (unpaired) electrons. The van der Waals surface area contributed by atoms with Gasteiger partial charge in [-0.15, -0.1) is 0 Å². The second-order valence-electron chi connectivity index (χ2n) is 8.37. The van der Waals surface area contributed by atoms with Crippen LogP contribution in [0.1, 0.15) is 47.8 Å². The third-order valence-corrected chi connectivity index (χ3v) is 5.05. The summed E-state index contributed by atoms with van der Waals surface area (Å²) in [5.74, 6) is -3.37. The van der Waals surface area contributed by atoms with Crippen LogP contribution in [0.3, 0.4) is 0 Å². The van der Waals surface area contributed by atoms with Gasteiger partial charge in [0.15, 0.2) is 0 Å². The van der Waals surface area contributed by atoms with Gasteiger partial charge in [0.1, 0.15) is 23.6 Å². The Balaban J connectivity index is 2.05. The summed E-state index contributed by atoms with van der Waals surface area (Å²) in [5.41, 5.74) is 1.45. The van der Waals surface area contributed by atoms with Gasteiger partial charge in [0.2, 0.25) is 0 Å². The Kier molecular flexibility index (Phi) is 5.75. The Morgan fingerprint density at radius 2 is 1.68 bits per heavy atom. The smallest absolute Gasteiger partial charge is 0.322 e. The lowest BCUT2D eigenvalue weighted by atomic mass is 9.86. The van der Waals surface area contributed by atoms with Crippen LogP contribution in [0.4, 0.5) is 0 Å². The molecule has 3 rings (SSSR count). The second kappa shape index (κ2) is 8.14. The minimum atomic E-state index is -1.30. The Morgan fingerprint density at radius 1 is 1.03 bits per heavy atom. The number of aromatic nitrogens is 1. The number of aromatic hydroxyl groups is 2. The Labute approximate surface area is 178 Å². The standard InChI is InChI=1S/C23H24N2O6/c1-23(2,3)14-7-4-12(5-8-14)10-13-6-9-15(26)17-19(13)25-22(31)18(20(17)29)21(30)24-11-16(27)28/h4-9,26H,10-11H2,1-3H3,(H,24,30)(H,27,28)(H2,25,29,31). The maximum Gasteiger partial charge on any atom is 0.322 e. The van der Waals surface area contributed by atoms with Crippen LogP contribution in [0.25, 0.3) is 10.9 Å². The van der Waals surface area contributed by atoms with E-state index in [2.05, 4.69) is 25.8 Å². The molecule has 31 heavy (non-hydrogen) atoms. The number of H-pyrrole nitrogens is 1. The molecule has 8 heteroatoms. The van der Waals surface area contributed by atoms with E-state index in [1.54, 1.807) is 6.07 Å². The van der Waals surface area contributed by atoms with Gasteiger partial charge in [-0.05, 0) is 34.6 Å². The van der Waals surface area contributed by atoms with Gasteiger partial charge in [-0.1, -0.05) is 51.1 Å². The average molecular weight is 424 g/mol. The lowest BCUT2D eigenvalue weighted by Crippen LogP contribution is -2.33. The molecule has 0 spiro atoms. The van der Waals surface area contributed by atoms with E-state index in [1.807, 2.05) is 29.6 Å². The Hall–Kier alpha value is -3.81. The van der Waals surface area contributed by atoms with Crippen molar-refractivity contribution in [2.75, 3.05) is 6.54 Å². The molecule has 0 aliphatic heterocycles. The molecule has 0 fully saturated rings. The van der Waals surface area contributed by atoms with Crippen molar-refractivity contribution in [3.63, 3.8) is 0 Å². The molecule has 0 unspecified atom stereocenters. The molecular weight excluding hydrogens is 400 g/mol. The molecular formula is C23H24N2O6. The van der Waals surface area contributed by atoms with Crippen LogP contribution in [0.2, 0.25) is 0 Å². The summed E-state index contributed by atoms with van der Waals surface area (Å²) in [6, 6.07) is 11.0. The fourth-order valence-electron chi connectivity index (χ4n) is 3.37. The van der Waals surface area contributed by atoms with Crippen LogP contribution in [0, 0.1) is 0 Å². The first-order chi connectivity index (χ1) is 14.5. The van der Waals surface area contributed by atoms with E-state index < -0.39 is 35.3 Å². The number of fused-ring (bicyclic) bond motifs is 1. The minimum absolute atomic E-state index is 0.0123. The summed E-state index contributed by atoms with van der Waals surface area (Å²) in [6.07, 6.45) is 0.418. The number of phenolic OH excluding ortho intramolecular Hbond substituents is 1. The molecule has 5 N–H and O–H groups in total. The van der Waals surface area contributed by atoms with Gasteiger partial charge in [-0.3, -0.25) is 14.4 Å². The number of hydrogen-bond donors (Lipinski definition) is 5. The number of hydrogen-bond acceptors (Lipinski definition) is 5. The fourth-order valence-corrected chi connectivity index (χ4v) is 3.37. The van der Waals surface area contributed by atoms with Crippen molar-refractivity contribution in [1.82, 2.24) is 10.3 Å². The van der Waals surface area contributed by atoms with Crippen molar-refractivity contribution < 1.29 is 24.9 Å². The SMILES string of the molecule is CC(C)(C)c1ccc(Cc2ccc(O)c3c(O)c(C(=O)NCC(=O)O)c(=O)[nH]c23)cc1. The predicted octanol–water partition coefficient (Wildman–Crippen LogP) is 2.64. The largest absolute Gasteiger partial charge is 0.507 e. The zero-order valence-corrected chi connectivity index (χ0v) is 17.4. The Bertz CT molecular complexity index is 1220. The number of aliphatic carboxylic acids is 1. The number of pyridine rings is 1. The summed E-state index contributed by atoms with van der Waals surface area (Å²) in [5, 5.41) is 31.5. The van der Waals surface area contributed by atoms with Crippen LogP contribution in [-0.2, 0) is 16.6 Å². The highest BCUT2D eigenvalue weighted by Crippen LogP contribution is 2.35. The zero-order chi connectivity index (χ0) is 22.9. The molecule has 162 valence electrons. The number of nitrogens with one attached hydrogen (secondary N) is 2. The van der Waals surface area contributed by atoms with Crippen molar-refractivity contribution in [3.8, 4) is 11.5 Å². The highest BCUT2D eigenvalue weighted by Gasteiger charge is 2.23. The summed E-state index contributed by atoms with van der Waals surface area (Å²) in [7, 11) is 0. The quantitative estimate of drug-likeness (QED) is 0.427. The summed E-state index contributed by atoms with van der Waals surface area (Å²) < 4.78 is 0. The van der Waals surface area contributed by atoms with Gasteiger partial charge in [0, 0.05) is 0 Å². The highest BCUT2D eigenvalue weighted by atomic mass is 16.4. The van der Waals surface area contributed by atoms with Gasteiger partial charge in [-0.2, -0.15) is 0 Å². The molecule has 0 aliphatic carbocycles. The number of amides is 1. The fraction of sp³-hybridized carbons (Fsp3) is 0.261. The van der Waals surface area contributed by atoms with Crippen LogP contribution in [0.15, 0.2) is 41.2 Å². The lowest BCUT2D eigenvalue weighted by Gasteiger charge is -2.19. The van der Waals surface area contributed by atoms with E-state index in [4.69, 9.17) is 5.11 Å². The van der Waals surface area contributed by atoms with Crippen molar-refractivity contribution >= 4 is 22.8 Å². The topological polar surface area (TPSA) is 140 Å². The van der Waals surface area contributed by atoms with Crippen LogP contribution < -0.4 is 10.9 Å². The number of benzene rings is 2. The molecule has 3 aromatic rings. The number of phenols is 1. The van der Waals surface area contributed by atoms with E-state index in [-0.39, 0.29) is 22.1 Å². The number of carbonyl (C=O) groups is 2. The van der Waals surface area contributed by atoms with Gasteiger partial charge in [-0.25, -0.2) is 0 Å². The molecule has 2 aromatic carbocycles. The molecule has 0 saturated heterocycles. The van der Waals surface area contributed by atoms with Gasteiger partial charge >= 0.3 is 5.97 Å². The van der Waals surface area contributed by atoms with Crippen LogP contribution in [0.5, 0.6) is 11.5 Å². The number of carboxylic acid groups (broad SMARTS) is 1. The molecule has 0 saturated carbocycles. The number of rotatable bonds is 5. The molecule has 0 atom stereocenters. The maximum absolute atomic E-state index is 12.5. The Morgan fingerprint density at radius 3 is 2.26 bits per heavy atom. The number of carboxylic acids is 1. The first-order valence-corrected chi connectivity index (χ1v) is 9.68. The van der Waals surface area contributed by atoms with E-state index >= 15 is 0 Å². The summed E-state index contributed by atoms with van der Waals surface area (Å²) in [6.45, 7) is 5.64. The van der Waals surface area contributed by atoms with Gasteiger partial charge < -0.3 is 25.6 Å². The second-order valence-corrected chi connectivity index (χ2v) is 8.37. The van der Waals surface area contributed by atoms with Gasteiger partial charge in [0.05, 0.1) is 10.9 Å². The average Bonchev–Trinajstić information content (AvgIpc) is 2.68. The lowest BCUT2D eigenvalue weighted by molar-refractivity contribution is -0.135. The molecule has 0 bridgehead atoms. The molecule has 1 heterocycles. The third kappa shape index (κ3) is 4.53. The van der Waals surface area contributed by atoms with E-state index in [0.29, 0.717) is 12.0 Å². The summed E-state index contributed by atoms with van der Waals surface area (Å²) in [4.78, 5) is 37.9. The highest BCUT2D eigenvalue weighted by molar-refractivity contribution is 6.05.